The van der Waals surface area contributed by atoms with Gasteiger partial charge in [0, 0.05) is 54.3 Å². The summed E-state index contributed by atoms with van der Waals surface area (Å²) in [5, 5.41) is 1.45. The van der Waals surface area contributed by atoms with Gasteiger partial charge in [0.15, 0.2) is 0 Å². The molecule has 0 spiro atoms. The first-order chi connectivity index (χ1) is 17.4. The molecule has 0 unspecified atom stereocenters. The molecule has 0 aliphatic carbocycles. The summed E-state index contributed by atoms with van der Waals surface area (Å²) < 4.78 is 31.6. The second-order valence-corrected chi connectivity index (χ2v) is 13.2. The normalized spacial score (nSPS) is 18.8. The van der Waals surface area contributed by atoms with Crippen molar-refractivity contribution in [2.75, 3.05) is 52.4 Å². The van der Waals surface area contributed by atoms with Crippen LogP contribution in [0.15, 0.2) is 52.7 Å². The van der Waals surface area contributed by atoms with Gasteiger partial charge in [-0.1, -0.05) is 17.7 Å². The third-order valence-electron chi connectivity index (χ3n) is 7.28. The maximum absolute atomic E-state index is 13.2. The minimum atomic E-state index is -3.62. The van der Waals surface area contributed by atoms with Crippen molar-refractivity contribution in [1.82, 2.24) is 14.1 Å². The summed E-state index contributed by atoms with van der Waals surface area (Å²) in [4.78, 5) is 17.3. The first-order valence-electron chi connectivity index (χ1n) is 12.4. The molecule has 1 amide bonds. The Morgan fingerprint density at radius 3 is 2.14 bits per heavy atom. The van der Waals surface area contributed by atoms with Gasteiger partial charge in [-0.3, -0.25) is 14.3 Å². The van der Waals surface area contributed by atoms with Crippen molar-refractivity contribution in [2.45, 2.75) is 17.1 Å². The minimum Gasteiger partial charge on any atom is -0.336 e. The third-order valence-corrected chi connectivity index (χ3v) is 11.0. The van der Waals surface area contributed by atoms with E-state index in [9.17, 15) is 13.2 Å². The molecule has 3 fully saturated rings. The lowest BCUT2D eigenvalue weighted by molar-refractivity contribution is -0.587. The van der Waals surface area contributed by atoms with E-state index in [0.717, 1.165) is 41.8 Å². The van der Waals surface area contributed by atoms with E-state index in [1.165, 1.54) is 34.3 Å². The molecule has 6 rings (SSSR count). The molecule has 0 radical (unpaired) electrons. The van der Waals surface area contributed by atoms with E-state index in [1.807, 2.05) is 30.3 Å². The summed E-state index contributed by atoms with van der Waals surface area (Å²) in [6, 6.07) is 15.0. The van der Waals surface area contributed by atoms with Crippen LogP contribution in [0, 0.1) is 0 Å². The number of thiophene rings is 1. The highest BCUT2D eigenvalue weighted by Gasteiger charge is 2.34. The maximum atomic E-state index is 13.2. The number of amidine groups is 1. The highest BCUT2D eigenvalue weighted by atomic mass is 35.5. The summed E-state index contributed by atoms with van der Waals surface area (Å²) in [5.41, 5.74) is 1.80. The van der Waals surface area contributed by atoms with Crippen LogP contribution >= 0.6 is 22.9 Å². The van der Waals surface area contributed by atoms with Crippen LogP contribution in [-0.4, -0.2) is 91.2 Å². The van der Waals surface area contributed by atoms with Crippen molar-refractivity contribution in [2.24, 2.45) is 0 Å². The molecule has 3 saturated heterocycles. The van der Waals surface area contributed by atoms with Gasteiger partial charge in [-0.2, -0.15) is 4.31 Å². The zero-order valence-electron chi connectivity index (χ0n) is 19.9. The predicted molar refractivity (Wildman–Crippen MR) is 143 cm³/mol. The number of benzene rings is 2. The van der Waals surface area contributed by atoms with Gasteiger partial charge in [0.25, 0.3) is 21.8 Å². The molecule has 0 saturated carbocycles. The number of nitrogens with zero attached hydrogens (tertiary/aromatic N) is 4. The largest absolute Gasteiger partial charge is 0.336 e. The van der Waals surface area contributed by atoms with Crippen LogP contribution in [0.25, 0.3) is 10.1 Å². The third kappa shape index (κ3) is 4.32. The molecule has 0 bridgehead atoms. The average molecular weight is 544 g/mol. The second kappa shape index (κ2) is 9.45. The van der Waals surface area contributed by atoms with Gasteiger partial charge in [-0.15, -0.1) is 11.3 Å². The van der Waals surface area contributed by atoms with Crippen LogP contribution in [0.2, 0.25) is 5.02 Å². The Labute approximate surface area is 220 Å². The fourth-order valence-corrected chi connectivity index (χ4v) is 8.18. The summed E-state index contributed by atoms with van der Waals surface area (Å²) in [6.45, 7) is 5.67. The zero-order chi connectivity index (χ0) is 24.9. The van der Waals surface area contributed by atoms with Gasteiger partial charge in [0.1, 0.15) is 4.21 Å². The van der Waals surface area contributed by atoms with Crippen molar-refractivity contribution in [3.8, 4) is 0 Å². The Morgan fingerprint density at radius 1 is 0.833 bits per heavy atom. The first kappa shape index (κ1) is 23.9. The lowest BCUT2D eigenvalue weighted by atomic mass is 10.1. The summed E-state index contributed by atoms with van der Waals surface area (Å²) in [5.74, 6) is 1.23. The zero-order valence-corrected chi connectivity index (χ0v) is 22.3. The smallest absolute Gasteiger partial charge is 0.279 e. The van der Waals surface area contributed by atoms with Gasteiger partial charge in [0.2, 0.25) is 0 Å². The van der Waals surface area contributed by atoms with E-state index in [4.69, 9.17) is 11.6 Å². The Kier molecular flexibility index (Phi) is 6.27. The van der Waals surface area contributed by atoms with E-state index in [0.29, 0.717) is 27.9 Å². The Bertz CT molecular complexity index is 1450. The highest BCUT2D eigenvalue weighted by molar-refractivity contribution is 7.91. The number of piperazine rings is 1. The fraction of sp³-hybridized carbons (Fsp3) is 0.385. The van der Waals surface area contributed by atoms with Gasteiger partial charge < -0.3 is 4.90 Å². The fourth-order valence-electron chi connectivity index (χ4n) is 4.93. The molecule has 4 heterocycles. The van der Waals surface area contributed by atoms with Crippen molar-refractivity contribution in [1.29, 1.82) is 0 Å². The molecule has 1 aromatic heterocycles. The van der Waals surface area contributed by atoms with Crippen molar-refractivity contribution in [3.63, 3.8) is 0 Å². The summed E-state index contributed by atoms with van der Waals surface area (Å²) in [7, 11) is -3.62. The first-order valence-corrected chi connectivity index (χ1v) is 15.0. The van der Waals surface area contributed by atoms with Crippen molar-refractivity contribution in [3.05, 3.63) is 64.7 Å². The Balaban J connectivity index is 1.13. The number of hydrogen-bond donors (Lipinski definition) is 0. The minimum absolute atomic E-state index is 0.0513. The SMILES string of the molecule is O=C(c1ccc(C(N2CCC2)=[N+]2CCC2)cc1)N1CCN(S(=O)(=O)c2cc3ccc(Cl)cc3s2)CC1. The van der Waals surface area contributed by atoms with Gasteiger partial charge in [-0.05, 0) is 47.9 Å². The van der Waals surface area contributed by atoms with E-state index in [1.54, 1.807) is 23.1 Å². The van der Waals surface area contributed by atoms with Crippen molar-refractivity contribution >= 4 is 54.8 Å². The average Bonchev–Trinajstić information content (AvgIpc) is 3.25. The standard InChI is InChI=1S/C26H28ClN4O3S2/c27-22-8-7-21-17-24(35-23(21)18-22)36(33,34)31-15-13-30(14-16-31)26(32)20-5-3-19(4-6-20)25(28-9-1-10-28)29-11-2-12-29/h3-8,17-18H,1-2,9-16H2/q+1. The number of hydrogen-bond acceptors (Lipinski definition) is 4. The van der Waals surface area contributed by atoms with Crippen LogP contribution in [0.1, 0.15) is 28.8 Å². The maximum Gasteiger partial charge on any atom is 0.279 e. The predicted octanol–water partition coefficient (Wildman–Crippen LogP) is 3.57. The quantitative estimate of drug-likeness (QED) is 0.373. The molecule has 2 aromatic carbocycles. The highest BCUT2D eigenvalue weighted by Crippen LogP contribution is 2.33. The monoisotopic (exact) mass is 543 g/mol. The van der Waals surface area contributed by atoms with Crippen LogP contribution in [0.3, 0.4) is 0 Å². The number of amides is 1. The number of carbonyl (C=O) groups is 1. The van der Waals surface area contributed by atoms with E-state index in [2.05, 4.69) is 9.48 Å². The number of carbonyl (C=O) groups excluding carboxylic acids is 1. The second-order valence-electron chi connectivity index (χ2n) is 9.53. The van der Waals surface area contributed by atoms with Gasteiger partial charge in [-0.25, -0.2) is 8.42 Å². The molecule has 36 heavy (non-hydrogen) atoms. The molecule has 3 aromatic rings. The van der Waals surface area contributed by atoms with E-state index >= 15 is 0 Å². The molecule has 3 aliphatic rings. The Morgan fingerprint density at radius 2 is 1.53 bits per heavy atom. The molecule has 188 valence electrons. The van der Waals surface area contributed by atoms with Crippen LogP contribution in [0.4, 0.5) is 0 Å². The number of halogens is 1. The topological polar surface area (TPSA) is 63.9 Å². The van der Waals surface area contributed by atoms with Crippen LogP contribution < -0.4 is 0 Å². The molecule has 0 N–H and O–H groups in total. The van der Waals surface area contributed by atoms with E-state index in [-0.39, 0.29) is 19.0 Å². The number of likely N-dealkylation sites (tertiary alicyclic amines) is 1. The molecular weight excluding hydrogens is 516 g/mol. The van der Waals surface area contributed by atoms with Crippen LogP contribution in [-0.2, 0) is 10.0 Å². The molecule has 10 heteroatoms. The van der Waals surface area contributed by atoms with Gasteiger partial charge in [0.05, 0.1) is 31.7 Å². The van der Waals surface area contributed by atoms with Gasteiger partial charge >= 0.3 is 0 Å². The van der Waals surface area contributed by atoms with Crippen LogP contribution in [0.5, 0.6) is 0 Å². The molecular formula is C26H28ClN4O3S2+. The molecule has 3 aliphatic heterocycles. The number of fused-ring (bicyclic) bond motifs is 1. The lowest BCUT2D eigenvalue weighted by Gasteiger charge is -2.34. The number of sulfonamides is 1. The number of rotatable bonds is 4. The summed E-state index contributed by atoms with van der Waals surface area (Å²) in [6.07, 6.45) is 2.46. The molecule has 0 atom stereocenters. The van der Waals surface area contributed by atoms with Crippen molar-refractivity contribution < 1.29 is 17.8 Å². The summed E-state index contributed by atoms with van der Waals surface area (Å²) >= 11 is 7.29. The molecule has 7 nitrogen and oxygen atoms in total. The van der Waals surface area contributed by atoms with E-state index < -0.39 is 10.0 Å². The lowest BCUT2D eigenvalue weighted by Crippen LogP contribution is -2.50. The Hall–Kier alpha value is -2.46.